The van der Waals surface area contributed by atoms with Crippen LogP contribution in [0.15, 0.2) is 18.2 Å². The summed E-state index contributed by atoms with van der Waals surface area (Å²) in [7, 11) is 1.83. The van der Waals surface area contributed by atoms with Gasteiger partial charge >= 0.3 is 0 Å². The molecule has 0 spiro atoms. The highest BCUT2D eigenvalue weighted by atomic mass is 35.5. The molecule has 0 radical (unpaired) electrons. The van der Waals surface area contributed by atoms with Gasteiger partial charge in [-0.1, -0.05) is 18.5 Å². The van der Waals surface area contributed by atoms with E-state index in [4.69, 9.17) is 11.6 Å². The Morgan fingerprint density at radius 3 is 2.67 bits per heavy atom. The van der Waals surface area contributed by atoms with Gasteiger partial charge in [0.15, 0.2) is 0 Å². The van der Waals surface area contributed by atoms with Crippen LogP contribution in [0, 0.1) is 0 Å². The SMILES string of the molecule is CCNc1ccc(Cl)cc1C(=O)N(C)C(C)CC. The quantitative estimate of drug-likeness (QED) is 0.884. The van der Waals surface area contributed by atoms with Gasteiger partial charge in [-0.15, -0.1) is 0 Å². The Bertz CT molecular complexity index is 420. The van der Waals surface area contributed by atoms with Gasteiger partial charge in [0.2, 0.25) is 0 Å². The highest BCUT2D eigenvalue weighted by Crippen LogP contribution is 2.22. The van der Waals surface area contributed by atoms with Gasteiger partial charge in [-0.2, -0.15) is 0 Å². The van der Waals surface area contributed by atoms with Gasteiger partial charge in [0, 0.05) is 30.3 Å². The number of nitrogens with zero attached hydrogens (tertiary/aromatic N) is 1. The van der Waals surface area contributed by atoms with Gasteiger partial charge in [-0.05, 0) is 38.5 Å². The van der Waals surface area contributed by atoms with Gasteiger partial charge < -0.3 is 10.2 Å². The number of carbonyl (C=O) groups is 1. The Hall–Kier alpha value is -1.22. The molecule has 100 valence electrons. The van der Waals surface area contributed by atoms with Crippen LogP contribution in [0.5, 0.6) is 0 Å². The zero-order valence-electron chi connectivity index (χ0n) is 11.5. The van der Waals surface area contributed by atoms with Crippen molar-refractivity contribution in [2.45, 2.75) is 33.2 Å². The van der Waals surface area contributed by atoms with Crippen molar-refractivity contribution in [3.05, 3.63) is 28.8 Å². The van der Waals surface area contributed by atoms with E-state index in [1.807, 2.05) is 27.0 Å². The van der Waals surface area contributed by atoms with E-state index in [-0.39, 0.29) is 11.9 Å². The molecule has 1 N–H and O–H groups in total. The molecule has 4 heteroatoms. The Kier molecular flexibility index (Phi) is 5.48. The maximum absolute atomic E-state index is 12.4. The van der Waals surface area contributed by atoms with Gasteiger partial charge in [0.05, 0.1) is 5.56 Å². The topological polar surface area (TPSA) is 32.3 Å². The monoisotopic (exact) mass is 268 g/mol. The highest BCUT2D eigenvalue weighted by molar-refractivity contribution is 6.31. The van der Waals surface area contributed by atoms with Crippen LogP contribution in [-0.4, -0.2) is 30.4 Å². The molecule has 0 aliphatic carbocycles. The third-order valence-corrected chi connectivity index (χ3v) is 3.39. The minimum atomic E-state index is 0.00259. The summed E-state index contributed by atoms with van der Waals surface area (Å²) in [6.07, 6.45) is 0.930. The summed E-state index contributed by atoms with van der Waals surface area (Å²) in [4.78, 5) is 14.2. The van der Waals surface area contributed by atoms with Crippen LogP contribution in [-0.2, 0) is 0 Å². The molecule has 0 saturated carbocycles. The number of rotatable bonds is 5. The van der Waals surface area contributed by atoms with Gasteiger partial charge in [-0.25, -0.2) is 0 Å². The van der Waals surface area contributed by atoms with E-state index in [1.54, 1.807) is 17.0 Å². The lowest BCUT2D eigenvalue weighted by Gasteiger charge is -2.25. The fourth-order valence-electron chi connectivity index (χ4n) is 1.70. The van der Waals surface area contributed by atoms with Crippen molar-refractivity contribution in [2.24, 2.45) is 0 Å². The van der Waals surface area contributed by atoms with E-state index < -0.39 is 0 Å². The second kappa shape index (κ2) is 6.64. The second-order valence-electron chi connectivity index (χ2n) is 4.39. The summed E-state index contributed by atoms with van der Waals surface area (Å²) in [6.45, 7) is 6.88. The molecule has 18 heavy (non-hydrogen) atoms. The molecule has 0 fully saturated rings. The lowest BCUT2D eigenvalue weighted by Crippen LogP contribution is -2.35. The first-order valence-electron chi connectivity index (χ1n) is 6.31. The van der Waals surface area contributed by atoms with Crippen molar-refractivity contribution in [1.82, 2.24) is 4.90 Å². The van der Waals surface area contributed by atoms with Crippen molar-refractivity contribution in [2.75, 3.05) is 18.9 Å². The smallest absolute Gasteiger partial charge is 0.255 e. The third-order valence-electron chi connectivity index (χ3n) is 3.15. The molecule has 1 aromatic rings. The molecule has 0 bridgehead atoms. The molecule has 0 saturated heterocycles. The standard InChI is InChI=1S/C14H21ClN2O/c1-5-10(3)17(4)14(18)12-9-11(15)7-8-13(12)16-6-2/h7-10,16H,5-6H2,1-4H3. The molecule has 1 amide bonds. The van der Waals surface area contributed by atoms with Crippen LogP contribution < -0.4 is 5.32 Å². The summed E-state index contributed by atoms with van der Waals surface area (Å²) in [5.74, 6) is 0.00259. The highest BCUT2D eigenvalue weighted by Gasteiger charge is 2.19. The molecule has 0 heterocycles. The van der Waals surface area contributed by atoms with Gasteiger partial charge in [-0.3, -0.25) is 4.79 Å². The number of benzene rings is 1. The lowest BCUT2D eigenvalue weighted by atomic mass is 10.1. The van der Waals surface area contributed by atoms with Crippen molar-refractivity contribution >= 4 is 23.2 Å². The van der Waals surface area contributed by atoms with Crippen LogP contribution >= 0.6 is 11.6 Å². The maximum atomic E-state index is 12.4. The first kappa shape index (κ1) is 14.8. The van der Waals surface area contributed by atoms with Crippen LogP contribution in [0.2, 0.25) is 5.02 Å². The predicted molar refractivity (Wildman–Crippen MR) is 77.5 cm³/mol. The van der Waals surface area contributed by atoms with E-state index in [0.717, 1.165) is 18.7 Å². The number of hydrogen-bond acceptors (Lipinski definition) is 2. The van der Waals surface area contributed by atoms with Crippen LogP contribution in [0.25, 0.3) is 0 Å². The van der Waals surface area contributed by atoms with Gasteiger partial charge in [0.1, 0.15) is 0 Å². The van der Waals surface area contributed by atoms with Crippen LogP contribution in [0.1, 0.15) is 37.6 Å². The van der Waals surface area contributed by atoms with Crippen LogP contribution in [0.3, 0.4) is 0 Å². The number of nitrogens with one attached hydrogen (secondary N) is 1. The summed E-state index contributed by atoms with van der Waals surface area (Å²) >= 11 is 5.98. The molecule has 0 aromatic heterocycles. The molecule has 1 unspecified atom stereocenters. The number of anilines is 1. The largest absolute Gasteiger partial charge is 0.385 e. The Balaban J connectivity index is 3.06. The van der Waals surface area contributed by atoms with Crippen LogP contribution in [0.4, 0.5) is 5.69 Å². The molecule has 1 aromatic carbocycles. The van der Waals surface area contributed by atoms with Crippen molar-refractivity contribution in [1.29, 1.82) is 0 Å². The zero-order chi connectivity index (χ0) is 13.7. The zero-order valence-corrected chi connectivity index (χ0v) is 12.2. The summed E-state index contributed by atoms with van der Waals surface area (Å²) in [6, 6.07) is 5.58. The van der Waals surface area contributed by atoms with Crippen molar-refractivity contribution in [3.8, 4) is 0 Å². The first-order valence-corrected chi connectivity index (χ1v) is 6.69. The molecule has 0 aliphatic heterocycles. The average molecular weight is 269 g/mol. The van der Waals surface area contributed by atoms with Crippen molar-refractivity contribution in [3.63, 3.8) is 0 Å². The van der Waals surface area contributed by atoms with Gasteiger partial charge in [0.25, 0.3) is 5.91 Å². The van der Waals surface area contributed by atoms with E-state index in [9.17, 15) is 4.79 Å². The number of halogens is 1. The maximum Gasteiger partial charge on any atom is 0.255 e. The minimum Gasteiger partial charge on any atom is -0.385 e. The minimum absolute atomic E-state index is 0.00259. The Morgan fingerprint density at radius 2 is 2.11 bits per heavy atom. The predicted octanol–water partition coefficient (Wildman–Crippen LogP) is 3.64. The molecular formula is C14H21ClN2O. The Labute approximate surface area is 114 Å². The number of amides is 1. The van der Waals surface area contributed by atoms with E-state index in [2.05, 4.69) is 12.2 Å². The number of carbonyl (C=O) groups excluding carboxylic acids is 1. The summed E-state index contributed by atoms with van der Waals surface area (Å²) in [5, 5.41) is 3.77. The molecule has 3 nitrogen and oxygen atoms in total. The average Bonchev–Trinajstić information content (AvgIpc) is 2.38. The van der Waals surface area contributed by atoms with E-state index in [1.165, 1.54) is 0 Å². The Morgan fingerprint density at radius 1 is 1.44 bits per heavy atom. The lowest BCUT2D eigenvalue weighted by molar-refractivity contribution is 0.0741. The first-order chi connectivity index (χ1) is 8.51. The molecular weight excluding hydrogens is 248 g/mol. The second-order valence-corrected chi connectivity index (χ2v) is 4.83. The van der Waals surface area contributed by atoms with E-state index in [0.29, 0.717) is 10.6 Å². The van der Waals surface area contributed by atoms with E-state index >= 15 is 0 Å². The molecule has 1 rings (SSSR count). The fraction of sp³-hybridized carbons (Fsp3) is 0.500. The number of hydrogen-bond donors (Lipinski definition) is 1. The summed E-state index contributed by atoms with van der Waals surface area (Å²) in [5.41, 5.74) is 1.47. The summed E-state index contributed by atoms with van der Waals surface area (Å²) < 4.78 is 0. The fourth-order valence-corrected chi connectivity index (χ4v) is 1.87. The normalized spacial score (nSPS) is 12.1. The molecule has 0 aliphatic rings. The van der Waals surface area contributed by atoms with Crippen molar-refractivity contribution < 1.29 is 4.79 Å². The third kappa shape index (κ3) is 3.39. The molecule has 1 atom stereocenters.